The Kier molecular flexibility index (Phi) is 6.76. The van der Waals surface area contributed by atoms with Gasteiger partial charge in [-0.25, -0.2) is 18.5 Å². The van der Waals surface area contributed by atoms with E-state index in [-0.39, 0.29) is 4.90 Å². The van der Waals surface area contributed by atoms with Crippen LogP contribution in [0.25, 0.3) is 0 Å². The number of hydrogen-bond donors (Lipinski definition) is 3. The van der Waals surface area contributed by atoms with Gasteiger partial charge in [0.1, 0.15) is 0 Å². The Bertz CT molecular complexity index is 842. The summed E-state index contributed by atoms with van der Waals surface area (Å²) in [6.45, 7) is 7.67. The summed E-state index contributed by atoms with van der Waals surface area (Å²) in [5.74, 6) is 1.68. The molecule has 2 aromatic rings. The van der Waals surface area contributed by atoms with Crippen LogP contribution in [0.2, 0.25) is 0 Å². The van der Waals surface area contributed by atoms with E-state index in [4.69, 9.17) is 9.66 Å². The molecule has 9 heteroatoms. The topological polar surface area (TPSA) is 123 Å². The molecule has 1 aromatic carbocycles. The summed E-state index contributed by atoms with van der Waals surface area (Å²) in [6.07, 6.45) is 0. The lowest BCUT2D eigenvalue weighted by Crippen LogP contribution is -2.36. The highest BCUT2D eigenvalue weighted by molar-refractivity contribution is 7.89. The van der Waals surface area contributed by atoms with Crippen LogP contribution in [0, 0.1) is 0 Å². The minimum atomic E-state index is -3.68. The molecule has 0 saturated carbocycles. The van der Waals surface area contributed by atoms with Crippen LogP contribution in [0.5, 0.6) is 0 Å². The van der Waals surface area contributed by atoms with Gasteiger partial charge in [0.25, 0.3) is 0 Å². The highest BCUT2D eigenvalue weighted by atomic mass is 32.2. The summed E-state index contributed by atoms with van der Waals surface area (Å²) < 4.78 is 27.8. The van der Waals surface area contributed by atoms with Crippen LogP contribution in [0.1, 0.15) is 43.7 Å². The first-order chi connectivity index (χ1) is 12.3. The summed E-state index contributed by atoms with van der Waals surface area (Å²) in [7, 11) is -3.68. The van der Waals surface area contributed by atoms with E-state index in [2.05, 4.69) is 34.6 Å². The van der Waals surface area contributed by atoms with E-state index >= 15 is 0 Å². The average Bonchev–Trinajstić information content (AvgIpc) is 3.06. The number of guanidine groups is 1. The molecule has 0 fully saturated rings. The zero-order valence-corrected chi connectivity index (χ0v) is 16.0. The van der Waals surface area contributed by atoms with Crippen molar-refractivity contribution in [1.82, 2.24) is 15.8 Å². The molecule has 0 saturated heterocycles. The smallest absolute Gasteiger partial charge is 0.238 e. The zero-order chi connectivity index (χ0) is 19.2. The Morgan fingerprint density at radius 2 is 1.96 bits per heavy atom. The number of hydrogen-bond acceptors (Lipinski definition) is 5. The van der Waals surface area contributed by atoms with E-state index in [0.29, 0.717) is 31.5 Å². The van der Waals surface area contributed by atoms with Gasteiger partial charge in [-0.15, -0.1) is 0 Å². The van der Waals surface area contributed by atoms with Crippen molar-refractivity contribution in [3.05, 3.63) is 47.3 Å². The molecule has 0 aliphatic heterocycles. The van der Waals surface area contributed by atoms with Gasteiger partial charge >= 0.3 is 0 Å². The largest absolute Gasteiger partial charge is 0.359 e. The number of aliphatic imine (C=N–C) groups is 1. The van der Waals surface area contributed by atoms with E-state index < -0.39 is 10.0 Å². The van der Waals surface area contributed by atoms with E-state index in [0.717, 1.165) is 17.0 Å². The molecule has 2 rings (SSSR count). The van der Waals surface area contributed by atoms with Crippen molar-refractivity contribution in [3.8, 4) is 0 Å². The molecule has 0 amide bonds. The predicted molar refractivity (Wildman–Crippen MR) is 100 cm³/mol. The van der Waals surface area contributed by atoms with Crippen molar-refractivity contribution in [2.75, 3.05) is 6.54 Å². The Balaban J connectivity index is 1.99. The van der Waals surface area contributed by atoms with Gasteiger partial charge in [0.15, 0.2) is 11.7 Å². The number of primary sulfonamides is 1. The number of nitrogens with zero attached hydrogens (tertiary/aromatic N) is 2. The molecule has 0 bridgehead atoms. The first-order valence-corrected chi connectivity index (χ1v) is 9.93. The van der Waals surface area contributed by atoms with Crippen molar-refractivity contribution in [1.29, 1.82) is 0 Å². The fourth-order valence-corrected chi connectivity index (χ4v) is 2.67. The van der Waals surface area contributed by atoms with Gasteiger partial charge in [-0.2, -0.15) is 0 Å². The second-order valence-electron chi connectivity index (χ2n) is 6.11. The second kappa shape index (κ2) is 8.81. The number of benzene rings is 1. The highest BCUT2D eigenvalue weighted by Crippen LogP contribution is 2.13. The lowest BCUT2D eigenvalue weighted by atomic mass is 10.1. The van der Waals surface area contributed by atoms with Crippen LogP contribution >= 0.6 is 0 Å². The summed E-state index contributed by atoms with van der Waals surface area (Å²) in [4.78, 5) is 4.57. The molecule has 8 nitrogen and oxygen atoms in total. The Morgan fingerprint density at radius 1 is 1.27 bits per heavy atom. The van der Waals surface area contributed by atoms with Gasteiger partial charge < -0.3 is 15.2 Å². The maximum Gasteiger partial charge on any atom is 0.238 e. The standard InChI is InChI=1S/C17H25N5O3S/c1-4-19-17(21-11-14-9-16(12(2)3)22-25-14)20-10-13-5-7-15(8-6-13)26(18,23)24/h5-9,12H,4,10-11H2,1-3H3,(H2,18,23,24)(H2,19,20,21). The molecule has 0 spiro atoms. The first kappa shape index (κ1) is 19.9. The summed E-state index contributed by atoms with van der Waals surface area (Å²) >= 11 is 0. The Morgan fingerprint density at radius 3 is 2.50 bits per heavy atom. The van der Waals surface area contributed by atoms with Crippen molar-refractivity contribution in [2.45, 2.75) is 44.7 Å². The van der Waals surface area contributed by atoms with E-state index in [9.17, 15) is 8.42 Å². The summed E-state index contributed by atoms with van der Waals surface area (Å²) in [6, 6.07) is 8.26. The summed E-state index contributed by atoms with van der Waals surface area (Å²) in [5, 5.41) is 15.5. The molecule has 0 aliphatic rings. The van der Waals surface area contributed by atoms with E-state index in [1.807, 2.05) is 13.0 Å². The minimum Gasteiger partial charge on any atom is -0.359 e. The Hall–Kier alpha value is -2.39. The van der Waals surface area contributed by atoms with Crippen LogP contribution in [0.15, 0.2) is 44.7 Å². The average molecular weight is 379 g/mol. The van der Waals surface area contributed by atoms with Crippen molar-refractivity contribution in [2.24, 2.45) is 10.1 Å². The zero-order valence-electron chi connectivity index (χ0n) is 15.2. The van der Waals surface area contributed by atoms with Crippen LogP contribution in [-0.2, 0) is 23.1 Å². The molecule has 0 radical (unpaired) electrons. The molecule has 1 heterocycles. The van der Waals surface area contributed by atoms with E-state index in [1.165, 1.54) is 12.1 Å². The normalized spacial score (nSPS) is 12.4. The van der Waals surface area contributed by atoms with Gasteiger partial charge in [-0.3, -0.25) is 0 Å². The monoisotopic (exact) mass is 379 g/mol. The fraction of sp³-hybridized carbons (Fsp3) is 0.412. The SMILES string of the molecule is CCNC(=NCc1ccc(S(N)(=O)=O)cc1)NCc1cc(C(C)C)no1. The van der Waals surface area contributed by atoms with E-state index in [1.54, 1.807) is 12.1 Å². The second-order valence-corrected chi connectivity index (χ2v) is 7.67. The summed E-state index contributed by atoms with van der Waals surface area (Å²) in [5.41, 5.74) is 1.79. The molecular formula is C17H25N5O3S. The van der Waals surface area contributed by atoms with Gasteiger partial charge in [0, 0.05) is 12.6 Å². The van der Waals surface area contributed by atoms with Crippen molar-refractivity contribution >= 4 is 16.0 Å². The fourth-order valence-electron chi connectivity index (χ4n) is 2.15. The lowest BCUT2D eigenvalue weighted by Gasteiger charge is -2.10. The van der Waals surface area contributed by atoms with Gasteiger partial charge in [0.05, 0.1) is 23.7 Å². The molecule has 0 aliphatic carbocycles. The predicted octanol–water partition coefficient (Wildman–Crippen LogP) is 1.70. The van der Waals surface area contributed by atoms with Crippen LogP contribution in [0.4, 0.5) is 0 Å². The van der Waals surface area contributed by atoms with Crippen LogP contribution in [-0.4, -0.2) is 26.1 Å². The van der Waals surface area contributed by atoms with Crippen LogP contribution < -0.4 is 15.8 Å². The lowest BCUT2D eigenvalue weighted by molar-refractivity contribution is 0.372. The molecule has 142 valence electrons. The number of rotatable bonds is 7. The number of aromatic nitrogens is 1. The third kappa shape index (κ3) is 5.85. The van der Waals surface area contributed by atoms with Gasteiger partial charge in [-0.05, 0) is 30.5 Å². The quantitative estimate of drug-likeness (QED) is 0.497. The maximum atomic E-state index is 11.3. The highest BCUT2D eigenvalue weighted by Gasteiger charge is 2.09. The van der Waals surface area contributed by atoms with Crippen LogP contribution in [0.3, 0.4) is 0 Å². The van der Waals surface area contributed by atoms with Gasteiger partial charge in [-0.1, -0.05) is 31.1 Å². The molecule has 1 aromatic heterocycles. The van der Waals surface area contributed by atoms with Gasteiger partial charge in [0.2, 0.25) is 10.0 Å². The minimum absolute atomic E-state index is 0.0848. The van der Waals surface area contributed by atoms with Crippen molar-refractivity contribution < 1.29 is 12.9 Å². The van der Waals surface area contributed by atoms with Crippen molar-refractivity contribution in [3.63, 3.8) is 0 Å². The first-order valence-electron chi connectivity index (χ1n) is 8.39. The molecule has 0 atom stereocenters. The number of nitrogens with one attached hydrogen (secondary N) is 2. The molecule has 4 N–H and O–H groups in total. The molecular weight excluding hydrogens is 354 g/mol. The molecule has 26 heavy (non-hydrogen) atoms. The third-order valence-corrected chi connectivity index (χ3v) is 4.54. The third-order valence-electron chi connectivity index (χ3n) is 3.61. The Labute approximate surface area is 153 Å². The maximum absolute atomic E-state index is 11.3. The molecule has 0 unspecified atom stereocenters. The number of sulfonamides is 1. The number of nitrogens with two attached hydrogens (primary N) is 1.